The van der Waals surface area contributed by atoms with Gasteiger partial charge >= 0.3 is 5.97 Å². The summed E-state index contributed by atoms with van der Waals surface area (Å²) >= 11 is 3.56. The Morgan fingerprint density at radius 3 is 2.05 bits per heavy atom. The number of methoxy groups -OCH3 is 1. The van der Waals surface area contributed by atoms with Crippen LogP contribution < -0.4 is 0 Å². The average Bonchev–Trinajstić information content (AvgIpc) is 3.06. The molecule has 4 heteroatoms. The van der Waals surface area contributed by atoms with Crippen molar-refractivity contribution in [3.63, 3.8) is 0 Å². The summed E-state index contributed by atoms with van der Waals surface area (Å²) in [7, 11) is 1.40. The van der Waals surface area contributed by atoms with Crippen LogP contribution in [0.5, 0.6) is 0 Å². The van der Waals surface area contributed by atoms with Gasteiger partial charge in [0, 0.05) is 0 Å². The average molecular weight is 314 g/mol. The third-order valence-corrected chi connectivity index (χ3v) is 6.26. The Kier molecular flexibility index (Phi) is 4.08. The van der Waals surface area contributed by atoms with Crippen LogP contribution in [-0.2, 0) is 8.82 Å². The molecule has 0 aromatic heterocycles. The van der Waals surface area contributed by atoms with Gasteiger partial charge in [-0.05, 0) is 34.1 Å². The van der Waals surface area contributed by atoms with Crippen molar-refractivity contribution in [3.8, 4) is 0 Å². The van der Waals surface area contributed by atoms with Crippen molar-refractivity contribution in [2.45, 2.75) is 4.08 Å². The second-order valence-corrected chi connectivity index (χ2v) is 7.06. The van der Waals surface area contributed by atoms with Crippen molar-refractivity contribution in [1.82, 2.24) is 0 Å². The van der Waals surface area contributed by atoms with E-state index >= 15 is 0 Å². The molecule has 0 spiro atoms. The van der Waals surface area contributed by atoms with E-state index < -0.39 is 0 Å². The number of hydrogen-bond donors (Lipinski definition) is 0. The predicted octanol–water partition coefficient (Wildman–Crippen LogP) is 4.63. The van der Waals surface area contributed by atoms with Gasteiger partial charge < -0.3 is 4.74 Å². The van der Waals surface area contributed by atoms with Crippen LogP contribution in [0.15, 0.2) is 65.4 Å². The minimum Gasteiger partial charge on any atom is -0.465 e. The number of rotatable bonds is 3. The smallest absolute Gasteiger partial charge is 0.337 e. The molecule has 0 saturated carbocycles. The molecular formula is C17H14O2S2. The first-order chi connectivity index (χ1) is 10.3. The van der Waals surface area contributed by atoms with Crippen LogP contribution in [0, 0.1) is 0 Å². The highest BCUT2D eigenvalue weighted by Gasteiger charge is 2.37. The minimum atomic E-state index is -0.305. The molecule has 21 heavy (non-hydrogen) atoms. The van der Waals surface area contributed by atoms with Crippen LogP contribution in [0.4, 0.5) is 0 Å². The highest BCUT2D eigenvalue weighted by molar-refractivity contribution is 8.23. The van der Waals surface area contributed by atoms with Crippen molar-refractivity contribution >= 4 is 29.5 Å². The van der Waals surface area contributed by atoms with E-state index in [1.54, 1.807) is 23.5 Å². The number of carbonyl (C=O) groups is 1. The molecule has 0 N–H and O–H groups in total. The van der Waals surface area contributed by atoms with Crippen molar-refractivity contribution in [2.75, 3.05) is 7.11 Å². The second kappa shape index (κ2) is 6.00. The van der Waals surface area contributed by atoms with Gasteiger partial charge in [-0.2, -0.15) is 0 Å². The molecule has 0 atom stereocenters. The van der Waals surface area contributed by atoms with Gasteiger partial charge in [-0.25, -0.2) is 4.79 Å². The molecule has 0 radical (unpaired) electrons. The maximum atomic E-state index is 11.6. The lowest BCUT2D eigenvalue weighted by atomic mass is 10.0. The minimum absolute atomic E-state index is 0.171. The quantitative estimate of drug-likeness (QED) is 0.772. The van der Waals surface area contributed by atoms with Gasteiger partial charge in [0.2, 0.25) is 0 Å². The topological polar surface area (TPSA) is 26.3 Å². The Hall–Kier alpha value is -1.65. The van der Waals surface area contributed by atoms with Crippen molar-refractivity contribution in [2.24, 2.45) is 0 Å². The molecule has 0 fully saturated rings. The Bertz CT molecular complexity index is 655. The lowest BCUT2D eigenvalue weighted by molar-refractivity contribution is 0.0600. The van der Waals surface area contributed by atoms with Crippen molar-refractivity contribution in [3.05, 3.63) is 82.1 Å². The third kappa shape index (κ3) is 2.61. The summed E-state index contributed by atoms with van der Waals surface area (Å²) in [5.74, 6) is -0.305. The van der Waals surface area contributed by atoms with Gasteiger partial charge in [0.25, 0.3) is 0 Å². The molecule has 2 aromatic carbocycles. The molecule has 3 rings (SSSR count). The summed E-state index contributed by atoms with van der Waals surface area (Å²) in [5, 5.41) is 4.23. The largest absolute Gasteiger partial charge is 0.465 e. The van der Waals surface area contributed by atoms with E-state index in [2.05, 4.69) is 35.1 Å². The fraction of sp³-hybridized carbons (Fsp3) is 0.118. The molecule has 1 aliphatic rings. The summed E-state index contributed by atoms with van der Waals surface area (Å²) in [5.41, 5.74) is 2.99. The second-order valence-electron chi connectivity index (χ2n) is 4.56. The number of carbonyl (C=O) groups excluding carboxylic acids is 1. The molecule has 0 bridgehead atoms. The molecule has 0 aliphatic carbocycles. The zero-order valence-electron chi connectivity index (χ0n) is 11.5. The van der Waals surface area contributed by atoms with Gasteiger partial charge in [0.05, 0.1) is 12.7 Å². The summed E-state index contributed by atoms with van der Waals surface area (Å²) < 4.78 is 4.58. The van der Waals surface area contributed by atoms with E-state index in [1.807, 2.05) is 30.3 Å². The normalized spacial score (nSPS) is 15.9. The number of esters is 1. The van der Waals surface area contributed by atoms with Crippen molar-refractivity contribution in [1.29, 1.82) is 0 Å². The highest BCUT2D eigenvalue weighted by atomic mass is 32.2. The third-order valence-electron chi connectivity index (χ3n) is 3.36. The van der Waals surface area contributed by atoms with Gasteiger partial charge in [-0.1, -0.05) is 42.5 Å². The van der Waals surface area contributed by atoms with Gasteiger partial charge in [0.1, 0.15) is 4.08 Å². The lowest BCUT2D eigenvalue weighted by Gasteiger charge is -2.28. The van der Waals surface area contributed by atoms with Crippen LogP contribution in [0.3, 0.4) is 0 Å². The number of benzene rings is 2. The molecule has 2 nitrogen and oxygen atoms in total. The first-order valence-corrected chi connectivity index (χ1v) is 8.27. The van der Waals surface area contributed by atoms with E-state index in [1.165, 1.54) is 18.2 Å². The first-order valence-electron chi connectivity index (χ1n) is 6.51. The van der Waals surface area contributed by atoms with E-state index in [-0.39, 0.29) is 10.0 Å². The highest BCUT2D eigenvalue weighted by Crippen LogP contribution is 2.56. The fourth-order valence-corrected chi connectivity index (χ4v) is 4.79. The Balaban J connectivity index is 2.01. The van der Waals surface area contributed by atoms with E-state index in [4.69, 9.17) is 4.74 Å². The first kappa shape index (κ1) is 14.3. The van der Waals surface area contributed by atoms with Crippen LogP contribution in [-0.4, -0.2) is 13.1 Å². The van der Waals surface area contributed by atoms with Gasteiger partial charge in [-0.3, -0.25) is 0 Å². The molecular weight excluding hydrogens is 300 g/mol. The SMILES string of the molecule is COC(=O)c1ccc(C2(c3ccccc3)SC=CS2)cc1. The van der Waals surface area contributed by atoms with Crippen LogP contribution >= 0.6 is 23.5 Å². The van der Waals surface area contributed by atoms with Crippen molar-refractivity contribution < 1.29 is 9.53 Å². The molecule has 106 valence electrons. The van der Waals surface area contributed by atoms with Crippen LogP contribution in [0.2, 0.25) is 0 Å². The molecule has 0 saturated heterocycles. The molecule has 0 unspecified atom stereocenters. The molecule has 1 aliphatic heterocycles. The predicted molar refractivity (Wildman–Crippen MR) is 89.3 cm³/mol. The van der Waals surface area contributed by atoms with E-state index in [9.17, 15) is 4.79 Å². The van der Waals surface area contributed by atoms with E-state index in [0.717, 1.165) is 0 Å². The number of hydrogen-bond acceptors (Lipinski definition) is 4. The summed E-state index contributed by atoms with van der Waals surface area (Å²) in [6, 6.07) is 18.1. The lowest BCUT2D eigenvalue weighted by Crippen LogP contribution is -2.16. The molecule has 2 aromatic rings. The number of ether oxygens (including phenoxy) is 1. The fourth-order valence-electron chi connectivity index (χ4n) is 2.31. The zero-order valence-corrected chi connectivity index (χ0v) is 13.1. The monoisotopic (exact) mass is 314 g/mol. The summed E-state index contributed by atoms with van der Waals surface area (Å²) in [4.78, 5) is 11.6. The zero-order chi connectivity index (χ0) is 14.7. The van der Waals surface area contributed by atoms with Crippen LogP contribution in [0.25, 0.3) is 0 Å². The summed E-state index contributed by atoms with van der Waals surface area (Å²) in [6.45, 7) is 0. The maximum absolute atomic E-state index is 11.6. The molecule has 1 heterocycles. The Labute approximate surface area is 132 Å². The van der Waals surface area contributed by atoms with Crippen LogP contribution in [0.1, 0.15) is 21.5 Å². The van der Waals surface area contributed by atoms with Gasteiger partial charge in [-0.15, -0.1) is 23.5 Å². The Morgan fingerprint density at radius 1 is 0.905 bits per heavy atom. The summed E-state index contributed by atoms with van der Waals surface area (Å²) in [6.07, 6.45) is 0. The number of thioether (sulfide) groups is 2. The van der Waals surface area contributed by atoms with Gasteiger partial charge in [0.15, 0.2) is 0 Å². The standard InChI is InChI=1S/C17H14O2S2/c1-19-16(18)13-7-9-15(10-8-13)17(20-11-12-21-17)14-5-3-2-4-6-14/h2-12H,1H3. The van der Waals surface area contributed by atoms with E-state index in [0.29, 0.717) is 5.56 Å². The Morgan fingerprint density at radius 2 is 1.48 bits per heavy atom. The maximum Gasteiger partial charge on any atom is 0.337 e. The molecule has 0 amide bonds.